The fourth-order valence-corrected chi connectivity index (χ4v) is 3.67. The highest BCUT2D eigenvalue weighted by Gasteiger charge is 2.21. The van der Waals surface area contributed by atoms with Crippen LogP contribution in [0.1, 0.15) is 52.7 Å². The molecule has 0 saturated carbocycles. The number of benzene rings is 1. The average Bonchev–Trinajstić information content (AvgIpc) is 2.54. The lowest BCUT2D eigenvalue weighted by Crippen LogP contribution is -2.25. The number of rotatable bonds is 11. The van der Waals surface area contributed by atoms with Crippen molar-refractivity contribution < 1.29 is 45.9 Å². The Morgan fingerprint density at radius 1 is 0.875 bits per heavy atom. The van der Waals surface area contributed by atoms with Gasteiger partial charge < -0.3 is 13.7 Å². The molecule has 0 atom stereocenters. The number of ether oxygens (including phenoxy) is 2. The van der Waals surface area contributed by atoms with Crippen LogP contribution in [0.3, 0.4) is 0 Å². The lowest BCUT2D eigenvalue weighted by molar-refractivity contribution is -0.447. The van der Waals surface area contributed by atoms with Gasteiger partial charge in [0.2, 0.25) is 0 Å². The first-order valence-electron chi connectivity index (χ1n) is 9.56. The van der Waals surface area contributed by atoms with Crippen LogP contribution in [0.5, 0.6) is 5.75 Å². The van der Waals surface area contributed by atoms with E-state index in [0.29, 0.717) is 23.2 Å². The van der Waals surface area contributed by atoms with Crippen LogP contribution >= 0.6 is 12.0 Å². The molecule has 0 saturated heterocycles. The highest BCUT2D eigenvalue weighted by molar-refractivity contribution is 8.08. The molecule has 0 radical (unpaired) electrons. The molecule has 0 aliphatic carbocycles. The smallest absolute Gasteiger partial charge is 0.321 e. The van der Waals surface area contributed by atoms with Crippen LogP contribution in [0.2, 0.25) is 0 Å². The molecule has 0 N–H and O–H groups in total. The summed E-state index contributed by atoms with van der Waals surface area (Å²) in [4.78, 5) is 28.6. The monoisotopic (exact) mass is 494 g/mol. The molecule has 0 unspecified atom stereocenters. The van der Waals surface area contributed by atoms with Crippen LogP contribution in [-0.4, -0.2) is 43.8 Å². The summed E-state index contributed by atoms with van der Waals surface area (Å²) in [6.45, 7) is 10.4. The molecule has 0 aliphatic heterocycles. The van der Waals surface area contributed by atoms with E-state index in [0.717, 1.165) is 0 Å². The van der Waals surface area contributed by atoms with E-state index in [9.17, 15) is 18.0 Å². The zero-order valence-corrected chi connectivity index (χ0v) is 20.9. The van der Waals surface area contributed by atoms with Gasteiger partial charge in [0.15, 0.2) is 5.08 Å². The van der Waals surface area contributed by atoms with Gasteiger partial charge in [-0.05, 0) is 64.8 Å². The Hall–Kier alpha value is -1.86. The largest absolute Gasteiger partial charge is 0.460 e. The molecule has 12 heteroatoms. The number of carbonyl (C=O) groups excluding carboxylic acids is 2. The van der Waals surface area contributed by atoms with Gasteiger partial charge in [-0.3, -0.25) is 9.59 Å². The highest BCUT2D eigenvalue weighted by Crippen LogP contribution is 2.23. The summed E-state index contributed by atoms with van der Waals surface area (Å²) in [6.07, 6.45) is -0.287. The molecule has 1 aromatic rings. The zero-order chi connectivity index (χ0) is 24.6. The molecule has 0 aliphatic rings. The Labute approximate surface area is 193 Å². The van der Waals surface area contributed by atoms with Crippen molar-refractivity contribution in [2.45, 2.75) is 65.6 Å². The summed E-state index contributed by atoms with van der Waals surface area (Å²) < 4.78 is 44.5. The van der Waals surface area contributed by atoms with E-state index in [-0.39, 0.29) is 18.6 Å². The van der Waals surface area contributed by atoms with Crippen LogP contribution in [-0.2, 0) is 56.3 Å². The van der Waals surface area contributed by atoms with Crippen molar-refractivity contribution in [2.24, 2.45) is 0 Å². The fraction of sp³-hybridized carbons (Fsp3) is 0.600. The molecule has 0 aromatic heterocycles. The number of esters is 2. The van der Waals surface area contributed by atoms with Gasteiger partial charge in [-0.1, -0.05) is 11.1 Å². The first-order valence-corrected chi connectivity index (χ1v) is 12.0. The molecule has 0 bridgehead atoms. The van der Waals surface area contributed by atoms with Gasteiger partial charge in [0.25, 0.3) is 0 Å². The molecule has 0 amide bonds. The highest BCUT2D eigenvalue weighted by atomic mass is 32.3. The summed E-state index contributed by atoms with van der Waals surface area (Å²) in [5.41, 5.74) is -0.542. The summed E-state index contributed by atoms with van der Waals surface area (Å²) >= 11 is 0.438. The molecule has 0 heterocycles. The molecular formula is C20H30O10S2. The summed E-state index contributed by atoms with van der Waals surface area (Å²) in [6, 6.07) is 4.37. The Morgan fingerprint density at radius 3 is 1.75 bits per heavy atom. The molecule has 1 aromatic carbocycles. The zero-order valence-electron chi connectivity index (χ0n) is 19.3. The molecule has 32 heavy (non-hydrogen) atoms. The average molecular weight is 495 g/mol. The van der Waals surface area contributed by atoms with Crippen LogP contribution in [0.4, 0.5) is 0 Å². The van der Waals surface area contributed by atoms with Crippen molar-refractivity contribution in [1.29, 1.82) is 0 Å². The maximum Gasteiger partial charge on any atom is 0.321 e. The molecule has 1 rings (SSSR count). The normalized spacial score (nSPS) is 12.3. The Balaban J connectivity index is 3.08. The first kappa shape index (κ1) is 28.2. The summed E-state index contributed by atoms with van der Waals surface area (Å²) in [7, 11) is -2.90. The van der Waals surface area contributed by atoms with Crippen LogP contribution in [0, 0.1) is 0 Å². The molecule has 0 spiro atoms. The van der Waals surface area contributed by atoms with E-state index in [4.69, 9.17) is 13.7 Å². The third-order valence-corrected chi connectivity index (χ3v) is 5.26. The van der Waals surface area contributed by atoms with Crippen molar-refractivity contribution >= 4 is 34.1 Å². The topological polar surface area (TPSA) is 124 Å². The standard InChI is InChI=1S/C20H30O10S2/c1-19(2,3)26-17(21)11-14-8-15(12-18(22)27-20(4,5)6)10-16(9-14)28-32(23,24)13-31-30-29-25-7/h8-10H,11-13H2,1-7H3. The van der Waals surface area contributed by atoms with E-state index in [1.54, 1.807) is 47.6 Å². The van der Waals surface area contributed by atoms with Gasteiger partial charge in [-0.2, -0.15) is 8.42 Å². The lowest BCUT2D eigenvalue weighted by atomic mass is 10.0. The quantitative estimate of drug-likeness (QED) is 0.112. The van der Waals surface area contributed by atoms with Gasteiger partial charge in [-0.25, -0.2) is 4.89 Å². The second-order valence-corrected chi connectivity index (χ2v) is 11.3. The van der Waals surface area contributed by atoms with E-state index < -0.39 is 38.3 Å². The van der Waals surface area contributed by atoms with Gasteiger partial charge >= 0.3 is 22.1 Å². The third kappa shape index (κ3) is 12.9. The summed E-state index contributed by atoms with van der Waals surface area (Å²) in [5, 5.41) is 3.52. The van der Waals surface area contributed by atoms with Gasteiger partial charge in [0.05, 0.1) is 32.0 Å². The van der Waals surface area contributed by atoms with Gasteiger partial charge in [-0.15, -0.1) is 4.33 Å². The minimum Gasteiger partial charge on any atom is -0.460 e. The molecular weight excluding hydrogens is 464 g/mol. The maximum atomic E-state index is 12.2. The van der Waals surface area contributed by atoms with E-state index in [1.165, 1.54) is 19.2 Å². The van der Waals surface area contributed by atoms with Crippen molar-refractivity contribution in [3.63, 3.8) is 0 Å². The Morgan fingerprint density at radius 2 is 1.34 bits per heavy atom. The lowest BCUT2D eigenvalue weighted by Gasteiger charge is -2.20. The van der Waals surface area contributed by atoms with Crippen molar-refractivity contribution in [3.8, 4) is 5.75 Å². The molecule has 0 fully saturated rings. The van der Waals surface area contributed by atoms with E-state index in [2.05, 4.69) is 14.3 Å². The third-order valence-electron chi connectivity index (χ3n) is 3.12. The van der Waals surface area contributed by atoms with Gasteiger partial charge in [0, 0.05) is 0 Å². The SMILES string of the molecule is COOOSCS(=O)(=O)Oc1cc(CC(=O)OC(C)(C)C)cc(CC(=O)OC(C)(C)C)c1. The Bertz CT molecular complexity index is 834. The number of hydrogen-bond acceptors (Lipinski definition) is 11. The van der Waals surface area contributed by atoms with Gasteiger partial charge in [0.1, 0.15) is 17.0 Å². The van der Waals surface area contributed by atoms with Crippen molar-refractivity contribution in [2.75, 3.05) is 12.2 Å². The predicted octanol–water partition coefficient (Wildman–Crippen LogP) is 3.28. The second kappa shape index (κ2) is 11.8. The fourth-order valence-electron chi connectivity index (χ4n) is 2.37. The first-order chi connectivity index (χ1) is 14.6. The predicted molar refractivity (Wildman–Crippen MR) is 117 cm³/mol. The molecule has 10 nitrogen and oxygen atoms in total. The van der Waals surface area contributed by atoms with Crippen LogP contribution in [0.25, 0.3) is 0 Å². The van der Waals surface area contributed by atoms with Crippen LogP contribution in [0.15, 0.2) is 18.2 Å². The number of hydrogen-bond donors (Lipinski definition) is 0. The van der Waals surface area contributed by atoms with E-state index in [1.807, 2.05) is 0 Å². The van der Waals surface area contributed by atoms with Crippen molar-refractivity contribution in [3.05, 3.63) is 29.3 Å². The minimum absolute atomic E-state index is 0.0714. The maximum absolute atomic E-state index is 12.2. The van der Waals surface area contributed by atoms with Crippen molar-refractivity contribution in [1.82, 2.24) is 0 Å². The Kier molecular flexibility index (Phi) is 10.4. The number of carbonyl (C=O) groups is 2. The summed E-state index contributed by atoms with van der Waals surface area (Å²) in [5.74, 6) is -1.10. The second-order valence-electron chi connectivity index (χ2n) is 8.69. The minimum atomic E-state index is -4.09. The van der Waals surface area contributed by atoms with E-state index >= 15 is 0 Å². The molecule has 182 valence electrons. The van der Waals surface area contributed by atoms with Crippen LogP contribution < -0.4 is 4.18 Å².